The number of hydrogen-bond acceptors (Lipinski definition) is 6. The summed E-state index contributed by atoms with van der Waals surface area (Å²) in [6.45, 7) is 1.38. The monoisotopic (exact) mass is 278 g/mol. The molecule has 0 aliphatic rings. The summed E-state index contributed by atoms with van der Waals surface area (Å²) < 4.78 is 0. The normalized spacial score (nSPS) is 10.2. The Morgan fingerprint density at radius 3 is 2.63 bits per heavy atom. The van der Waals surface area contributed by atoms with Crippen LogP contribution in [0.4, 0.5) is 5.13 Å². The first-order chi connectivity index (χ1) is 8.97. The Bertz CT molecular complexity index is 651. The highest BCUT2D eigenvalue weighted by molar-refractivity contribution is 7.14. The van der Waals surface area contributed by atoms with Gasteiger partial charge in [-0.2, -0.15) is 0 Å². The molecule has 0 spiro atoms. The molecule has 0 saturated carbocycles. The van der Waals surface area contributed by atoms with Crippen LogP contribution in [0.1, 0.15) is 27.8 Å². The molecule has 0 bridgehead atoms. The fraction of sp³-hybridized carbons (Fsp3) is 0.0833. The van der Waals surface area contributed by atoms with E-state index in [0.717, 1.165) is 17.4 Å². The molecule has 0 unspecified atom stereocenters. The van der Waals surface area contributed by atoms with Crippen molar-refractivity contribution in [2.45, 2.75) is 6.92 Å². The Kier molecular flexibility index (Phi) is 3.48. The largest absolute Gasteiger partial charge is 0.508 e. The smallest absolute Gasteiger partial charge is 0.261 e. The third-order valence-corrected chi connectivity index (χ3v) is 3.07. The van der Waals surface area contributed by atoms with E-state index in [4.69, 9.17) is 5.11 Å². The van der Waals surface area contributed by atoms with Crippen LogP contribution in [0.15, 0.2) is 23.6 Å². The van der Waals surface area contributed by atoms with Gasteiger partial charge in [-0.25, -0.2) is 4.98 Å². The standard InChI is InChI=1S/C12H10N2O4S/c1-6(15)9-5-19-12(13-9)14-11(18)8-3-2-7(16)4-10(8)17/h2-5,16-17H,1H3,(H,13,14,18). The Morgan fingerprint density at radius 2 is 2.05 bits per heavy atom. The molecule has 1 aromatic heterocycles. The van der Waals surface area contributed by atoms with Gasteiger partial charge in [-0.1, -0.05) is 0 Å². The van der Waals surface area contributed by atoms with Gasteiger partial charge in [0.05, 0.1) is 5.56 Å². The highest BCUT2D eigenvalue weighted by Gasteiger charge is 2.14. The fourth-order valence-electron chi connectivity index (χ4n) is 1.37. The van der Waals surface area contributed by atoms with Crippen molar-refractivity contribution in [2.75, 3.05) is 5.32 Å². The van der Waals surface area contributed by atoms with Crippen LogP contribution in [-0.4, -0.2) is 26.9 Å². The number of aromatic hydroxyl groups is 2. The number of hydrogen-bond donors (Lipinski definition) is 3. The zero-order valence-corrected chi connectivity index (χ0v) is 10.7. The van der Waals surface area contributed by atoms with Crippen molar-refractivity contribution in [1.29, 1.82) is 0 Å². The van der Waals surface area contributed by atoms with Crippen LogP contribution >= 0.6 is 11.3 Å². The van der Waals surface area contributed by atoms with Crippen molar-refractivity contribution >= 4 is 28.2 Å². The minimum absolute atomic E-state index is 0.0115. The van der Waals surface area contributed by atoms with E-state index in [1.54, 1.807) is 0 Å². The average molecular weight is 278 g/mol. The number of carbonyl (C=O) groups excluding carboxylic acids is 2. The first-order valence-corrected chi connectivity index (χ1v) is 6.15. The van der Waals surface area contributed by atoms with E-state index in [9.17, 15) is 14.7 Å². The fourth-order valence-corrected chi connectivity index (χ4v) is 2.11. The summed E-state index contributed by atoms with van der Waals surface area (Å²) >= 11 is 1.11. The molecule has 98 valence electrons. The van der Waals surface area contributed by atoms with Crippen molar-refractivity contribution in [3.05, 3.63) is 34.8 Å². The molecule has 19 heavy (non-hydrogen) atoms. The van der Waals surface area contributed by atoms with E-state index in [2.05, 4.69) is 10.3 Å². The first kappa shape index (κ1) is 13.0. The summed E-state index contributed by atoms with van der Waals surface area (Å²) in [5.41, 5.74) is 0.285. The number of benzene rings is 1. The van der Waals surface area contributed by atoms with Gasteiger partial charge in [-0.05, 0) is 12.1 Å². The summed E-state index contributed by atoms with van der Waals surface area (Å²) in [5, 5.41) is 22.9. The SMILES string of the molecule is CC(=O)c1csc(NC(=O)c2ccc(O)cc2O)n1. The maximum Gasteiger partial charge on any atom is 0.261 e. The molecule has 0 radical (unpaired) electrons. The van der Waals surface area contributed by atoms with Crippen molar-refractivity contribution < 1.29 is 19.8 Å². The Hall–Kier alpha value is -2.41. The van der Waals surface area contributed by atoms with E-state index in [0.29, 0.717) is 0 Å². The molecule has 0 saturated heterocycles. The molecular formula is C12H10N2O4S. The van der Waals surface area contributed by atoms with E-state index >= 15 is 0 Å². The Labute approximate surface area is 112 Å². The molecule has 1 amide bonds. The number of phenolic OH excluding ortho intramolecular Hbond substituents is 2. The molecule has 3 N–H and O–H groups in total. The van der Waals surface area contributed by atoms with Crippen molar-refractivity contribution in [3.63, 3.8) is 0 Å². The van der Waals surface area contributed by atoms with Crippen LogP contribution in [0.25, 0.3) is 0 Å². The molecule has 0 aliphatic carbocycles. The second kappa shape index (κ2) is 5.07. The lowest BCUT2D eigenvalue weighted by Gasteiger charge is -2.04. The molecule has 7 heteroatoms. The number of anilines is 1. The van der Waals surface area contributed by atoms with Gasteiger partial charge < -0.3 is 10.2 Å². The third kappa shape index (κ3) is 2.89. The van der Waals surface area contributed by atoms with Crippen molar-refractivity contribution in [1.82, 2.24) is 4.98 Å². The van der Waals surface area contributed by atoms with Gasteiger partial charge in [0.25, 0.3) is 5.91 Å². The predicted molar refractivity (Wildman–Crippen MR) is 69.8 cm³/mol. The average Bonchev–Trinajstić information content (AvgIpc) is 2.77. The molecule has 1 heterocycles. The minimum atomic E-state index is -0.568. The lowest BCUT2D eigenvalue weighted by molar-refractivity contribution is 0.100. The van der Waals surface area contributed by atoms with Gasteiger partial charge in [0, 0.05) is 18.4 Å². The molecule has 0 atom stereocenters. The Morgan fingerprint density at radius 1 is 1.32 bits per heavy atom. The molecule has 2 rings (SSSR count). The molecule has 0 fully saturated rings. The summed E-state index contributed by atoms with van der Waals surface area (Å²) in [6, 6.07) is 3.65. The molecule has 0 aliphatic heterocycles. The zero-order chi connectivity index (χ0) is 14.0. The summed E-state index contributed by atoms with van der Waals surface area (Å²) in [4.78, 5) is 26.9. The van der Waals surface area contributed by atoms with Crippen molar-refractivity contribution in [2.24, 2.45) is 0 Å². The highest BCUT2D eigenvalue weighted by atomic mass is 32.1. The van der Waals surface area contributed by atoms with Crippen molar-refractivity contribution in [3.8, 4) is 11.5 Å². The molecule has 2 aromatic rings. The van der Waals surface area contributed by atoms with Gasteiger partial charge in [0.15, 0.2) is 10.9 Å². The second-order valence-corrected chi connectivity index (χ2v) is 4.61. The van der Waals surface area contributed by atoms with Crippen LogP contribution in [-0.2, 0) is 0 Å². The predicted octanol–water partition coefficient (Wildman–Crippen LogP) is 2.01. The first-order valence-electron chi connectivity index (χ1n) is 5.27. The number of nitrogens with one attached hydrogen (secondary N) is 1. The van der Waals surface area contributed by atoms with E-state index < -0.39 is 5.91 Å². The second-order valence-electron chi connectivity index (χ2n) is 3.75. The van der Waals surface area contributed by atoms with Crippen LogP contribution in [0.5, 0.6) is 11.5 Å². The number of ketones is 1. The summed E-state index contributed by atoms with van der Waals surface area (Å²) in [6.07, 6.45) is 0. The van der Waals surface area contributed by atoms with E-state index in [-0.39, 0.29) is 33.7 Å². The summed E-state index contributed by atoms with van der Waals surface area (Å²) in [5.74, 6) is -1.23. The quantitative estimate of drug-likeness (QED) is 0.746. The van der Waals surface area contributed by atoms with Gasteiger partial charge in [-0.3, -0.25) is 14.9 Å². The van der Waals surface area contributed by atoms with Gasteiger partial charge >= 0.3 is 0 Å². The number of nitrogens with zero attached hydrogens (tertiary/aromatic N) is 1. The van der Waals surface area contributed by atoms with Crippen LogP contribution in [0.2, 0.25) is 0 Å². The molecular weight excluding hydrogens is 268 g/mol. The number of thiazole rings is 1. The maximum absolute atomic E-state index is 11.9. The van der Waals surface area contributed by atoms with Crippen LogP contribution < -0.4 is 5.32 Å². The van der Waals surface area contributed by atoms with E-state index in [1.807, 2.05) is 0 Å². The minimum Gasteiger partial charge on any atom is -0.508 e. The van der Waals surface area contributed by atoms with Gasteiger partial charge in [0.1, 0.15) is 17.2 Å². The number of amides is 1. The van der Waals surface area contributed by atoms with Crippen LogP contribution in [0, 0.1) is 0 Å². The van der Waals surface area contributed by atoms with Gasteiger partial charge in [0.2, 0.25) is 0 Å². The topological polar surface area (TPSA) is 99.5 Å². The number of Topliss-reactive ketones (excluding diaryl/α,β-unsaturated/α-hetero) is 1. The molecule has 6 nitrogen and oxygen atoms in total. The third-order valence-electron chi connectivity index (χ3n) is 2.31. The summed E-state index contributed by atoms with van der Waals surface area (Å²) in [7, 11) is 0. The lowest BCUT2D eigenvalue weighted by atomic mass is 10.2. The number of aromatic nitrogens is 1. The number of carbonyl (C=O) groups is 2. The Balaban J connectivity index is 2.18. The van der Waals surface area contributed by atoms with Gasteiger partial charge in [-0.15, -0.1) is 11.3 Å². The van der Waals surface area contributed by atoms with E-state index in [1.165, 1.54) is 24.4 Å². The van der Waals surface area contributed by atoms with Crippen LogP contribution in [0.3, 0.4) is 0 Å². The maximum atomic E-state index is 11.9. The number of rotatable bonds is 3. The molecule has 1 aromatic carbocycles. The number of phenols is 2. The highest BCUT2D eigenvalue weighted by Crippen LogP contribution is 2.24. The zero-order valence-electron chi connectivity index (χ0n) is 9.88. The lowest BCUT2D eigenvalue weighted by Crippen LogP contribution is -2.12.